The van der Waals surface area contributed by atoms with E-state index in [0.717, 1.165) is 11.1 Å². The molecule has 0 fully saturated rings. The van der Waals surface area contributed by atoms with Gasteiger partial charge in [0.25, 0.3) is 0 Å². The minimum atomic E-state index is -0.402. The largest absolute Gasteiger partial charge is 0.477 e. The molecule has 0 spiro atoms. The monoisotopic (exact) mass is 165 g/mol. The Morgan fingerprint density at radius 1 is 1.67 bits per heavy atom. The van der Waals surface area contributed by atoms with E-state index in [1.165, 1.54) is 0 Å². The number of ether oxygens (including phenoxy) is 1. The van der Waals surface area contributed by atoms with E-state index >= 15 is 0 Å². The second-order valence-corrected chi connectivity index (χ2v) is 3.06. The molecule has 0 amide bonds. The Bertz CT molecular complexity index is 299. The number of fused-ring (bicyclic) bond motifs is 1. The van der Waals surface area contributed by atoms with Crippen LogP contribution in [0.5, 0.6) is 5.88 Å². The van der Waals surface area contributed by atoms with E-state index in [0.29, 0.717) is 18.9 Å². The molecule has 1 aromatic rings. The van der Waals surface area contributed by atoms with Crippen LogP contribution in [0.4, 0.5) is 0 Å². The molecule has 1 aromatic heterocycles. The molecule has 1 unspecified atom stereocenters. The average molecular weight is 165 g/mol. The van der Waals surface area contributed by atoms with Crippen LogP contribution in [0.3, 0.4) is 0 Å². The minimum Gasteiger partial charge on any atom is -0.477 e. The summed E-state index contributed by atoms with van der Waals surface area (Å²) in [6.45, 7) is 2.51. The van der Waals surface area contributed by atoms with Crippen molar-refractivity contribution in [1.29, 1.82) is 0 Å². The molecule has 0 aliphatic carbocycles. The van der Waals surface area contributed by atoms with Crippen molar-refractivity contribution in [2.45, 2.75) is 19.4 Å². The number of hydrogen-bond donors (Lipinski definition) is 1. The summed E-state index contributed by atoms with van der Waals surface area (Å²) in [6.07, 6.45) is 2.01. The first-order chi connectivity index (χ1) is 5.77. The molecule has 3 nitrogen and oxygen atoms in total. The van der Waals surface area contributed by atoms with Gasteiger partial charge in [0.2, 0.25) is 5.88 Å². The fourth-order valence-corrected chi connectivity index (χ4v) is 1.36. The van der Waals surface area contributed by atoms with E-state index in [-0.39, 0.29) is 0 Å². The highest BCUT2D eigenvalue weighted by Crippen LogP contribution is 2.29. The van der Waals surface area contributed by atoms with Gasteiger partial charge in [0, 0.05) is 18.2 Å². The highest BCUT2D eigenvalue weighted by molar-refractivity contribution is 5.32. The summed E-state index contributed by atoms with van der Waals surface area (Å²) in [5.74, 6) is 0.583. The molecule has 0 bridgehead atoms. The first-order valence-corrected chi connectivity index (χ1v) is 4.05. The molecule has 64 valence electrons. The van der Waals surface area contributed by atoms with E-state index in [9.17, 15) is 5.11 Å². The molecule has 2 heterocycles. The summed E-state index contributed by atoms with van der Waals surface area (Å²) in [4.78, 5) is 4.09. The van der Waals surface area contributed by atoms with Crippen molar-refractivity contribution in [1.82, 2.24) is 4.98 Å². The summed E-state index contributed by atoms with van der Waals surface area (Å²) in [7, 11) is 0. The lowest BCUT2D eigenvalue weighted by Crippen LogP contribution is -2.14. The summed E-state index contributed by atoms with van der Waals surface area (Å²) in [5, 5.41) is 9.57. The second-order valence-electron chi connectivity index (χ2n) is 3.06. The predicted octanol–water partition coefficient (Wildman–Crippen LogP) is 1.21. The van der Waals surface area contributed by atoms with Gasteiger partial charge in [-0.2, -0.15) is 0 Å². The van der Waals surface area contributed by atoms with Crippen LogP contribution in [0, 0.1) is 6.92 Å². The number of aromatic nitrogens is 1. The Balaban J connectivity index is 2.47. The van der Waals surface area contributed by atoms with Crippen molar-refractivity contribution in [3.63, 3.8) is 0 Å². The number of aliphatic hydroxyl groups excluding tert-OH is 1. The SMILES string of the molecule is Cc1cnc2c(c1)C(O)CCO2. The van der Waals surface area contributed by atoms with Gasteiger partial charge in [0.05, 0.1) is 12.7 Å². The highest BCUT2D eigenvalue weighted by atomic mass is 16.5. The van der Waals surface area contributed by atoms with E-state index in [1.54, 1.807) is 6.20 Å². The summed E-state index contributed by atoms with van der Waals surface area (Å²) < 4.78 is 5.28. The molecule has 0 saturated heterocycles. The van der Waals surface area contributed by atoms with Gasteiger partial charge in [-0.25, -0.2) is 4.98 Å². The number of rotatable bonds is 0. The second kappa shape index (κ2) is 2.75. The van der Waals surface area contributed by atoms with Gasteiger partial charge in [0.1, 0.15) is 0 Å². The third-order valence-corrected chi connectivity index (χ3v) is 2.00. The van der Waals surface area contributed by atoms with Crippen LogP contribution in [-0.4, -0.2) is 16.7 Å². The zero-order chi connectivity index (χ0) is 8.55. The molecule has 2 rings (SSSR count). The lowest BCUT2D eigenvalue weighted by atomic mass is 10.1. The third-order valence-electron chi connectivity index (χ3n) is 2.00. The molecular formula is C9H11NO2. The fraction of sp³-hybridized carbons (Fsp3) is 0.444. The number of hydrogen-bond acceptors (Lipinski definition) is 3. The van der Waals surface area contributed by atoms with Crippen LogP contribution in [0.15, 0.2) is 12.3 Å². The average Bonchev–Trinajstić information content (AvgIpc) is 2.07. The van der Waals surface area contributed by atoms with Crippen LogP contribution in [0.2, 0.25) is 0 Å². The van der Waals surface area contributed by atoms with E-state index in [2.05, 4.69) is 4.98 Å². The van der Waals surface area contributed by atoms with E-state index in [4.69, 9.17) is 4.74 Å². The maximum atomic E-state index is 9.57. The first-order valence-electron chi connectivity index (χ1n) is 4.05. The molecule has 1 aliphatic heterocycles. The lowest BCUT2D eigenvalue weighted by Gasteiger charge is -2.20. The van der Waals surface area contributed by atoms with Crippen molar-refractivity contribution >= 4 is 0 Å². The predicted molar refractivity (Wildman–Crippen MR) is 44.0 cm³/mol. The van der Waals surface area contributed by atoms with E-state index < -0.39 is 6.10 Å². The van der Waals surface area contributed by atoms with Crippen molar-refractivity contribution < 1.29 is 9.84 Å². The Kier molecular flexibility index (Phi) is 1.73. The molecule has 0 saturated carbocycles. The third kappa shape index (κ3) is 1.16. The number of pyridine rings is 1. The number of nitrogens with zero attached hydrogens (tertiary/aromatic N) is 1. The molecular weight excluding hydrogens is 154 g/mol. The molecule has 0 aromatic carbocycles. The smallest absolute Gasteiger partial charge is 0.219 e. The van der Waals surface area contributed by atoms with Crippen LogP contribution in [0.1, 0.15) is 23.7 Å². The van der Waals surface area contributed by atoms with Gasteiger partial charge in [-0.3, -0.25) is 0 Å². The summed E-state index contributed by atoms with van der Waals surface area (Å²) in [6, 6.07) is 1.92. The number of aliphatic hydroxyl groups is 1. The minimum absolute atomic E-state index is 0.402. The Morgan fingerprint density at radius 2 is 2.50 bits per heavy atom. The molecule has 0 radical (unpaired) electrons. The van der Waals surface area contributed by atoms with Gasteiger partial charge in [0.15, 0.2) is 0 Å². The first kappa shape index (κ1) is 7.55. The summed E-state index contributed by atoms with van der Waals surface area (Å²) >= 11 is 0. The maximum Gasteiger partial charge on any atom is 0.219 e. The van der Waals surface area contributed by atoms with Crippen molar-refractivity contribution in [3.05, 3.63) is 23.4 Å². The fourth-order valence-electron chi connectivity index (χ4n) is 1.36. The Labute approximate surface area is 71.0 Å². The van der Waals surface area contributed by atoms with Crippen LogP contribution < -0.4 is 4.74 Å². The Morgan fingerprint density at radius 3 is 3.33 bits per heavy atom. The molecule has 12 heavy (non-hydrogen) atoms. The molecule has 3 heteroatoms. The van der Waals surface area contributed by atoms with Crippen LogP contribution >= 0.6 is 0 Å². The molecule has 1 N–H and O–H groups in total. The molecule has 1 aliphatic rings. The standard InChI is InChI=1S/C9H11NO2/c1-6-4-7-8(11)2-3-12-9(7)10-5-6/h4-5,8,11H,2-3H2,1H3. The van der Waals surface area contributed by atoms with Gasteiger partial charge in [-0.1, -0.05) is 0 Å². The van der Waals surface area contributed by atoms with Crippen LogP contribution in [-0.2, 0) is 0 Å². The van der Waals surface area contributed by atoms with Crippen LogP contribution in [0.25, 0.3) is 0 Å². The zero-order valence-corrected chi connectivity index (χ0v) is 6.95. The quantitative estimate of drug-likeness (QED) is 0.628. The maximum absolute atomic E-state index is 9.57. The van der Waals surface area contributed by atoms with Gasteiger partial charge in [-0.05, 0) is 18.6 Å². The van der Waals surface area contributed by atoms with Gasteiger partial charge in [-0.15, -0.1) is 0 Å². The molecule has 1 atom stereocenters. The Hall–Kier alpha value is -1.09. The number of aryl methyl sites for hydroxylation is 1. The van der Waals surface area contributed by atoms with Crippen molar-refractivity contribution in [2.75, 3.05) is 6.61 Å². The van der Waals surface area contributed by atoms with Crippen molar-refractivity contribution in [3.8, 4) is 5.88 Å². The zero-order valence-electron chi connectivity index (χ0n) is 6.95. The van der Waals surface area contributed by atoms with Gasteiger partial charge >= 0.3 is 0 Å². The van der Waals surface area contributed by atoms with Crippen molar-refractivity contribution in [2.24, 2.45) is 0 Å². The van der Waals surface area contributed by atoms with E-state index in [1.807, 2.05) is 13.0 Å². The topological polar surface area (TPSA) is 42.4 Å². The highest BCUT2D eigenvalue weighted by Gasteiger charge is 2.19. The lowest BCUT2D eigenvalue weighted by molar-refractivity contribution is 0.112. The normalized spacial score (nSPS) is 21.3. The van der Waals surface area contributed by atoms with Gasteiger partial charge < -0.3 is 9.84 Å². The summed E-state index contributed by atoms with van der Waals surface area (Å²) in [5.41, 5.74) is 1.87.